The van der Waals surface area contributed by atoms with Gasteiger partial charge in [-0.1, -0.05) is 0 Å². The lowest BCUT2D eigenvalue weighted by Crippen LogP contribution is -1.83. The minimum absolute atomic E-state index is 0.386. The summed E-state index contributed by atoms with van der Waals surface area (Å²) >= 11 is 0. The van der Waals surface area contributed by atoms with Crippen molar-refractivity contribution in [3.63, 3.8) is 0 Å². The van der Waals surface area contributed by atoms with Crippen molar-refractivity contribution < 1.29 is 9.18 Å². The Morgan fingerprint density at radius 2 is 2.33 bits per heavy atom. The van der Waals surface area contributed by atoms with E-state index in [1.165, 1.54) is 12.3 Å². The Morgan fingerprint density at radius 3 is 2.78 bits per heavy atom. The van der Waals surface area contributed by atoms with E-state index in [9.17, 15) is 9.18 Å². The van der Waals surface area contributed by atoms with Crippen LogP contribution in [0.4, 0.5) is 4.39 Å². The van der Waals surface area contributed by atoms with Crippen molar-refractivity contribution in [1.29, 1.82) is 0 Å². The zero-order valence-electron chi connectivity index (χ0n) is 4.54. The zero-order valence-corrected chi connectivity index (χ0v) is 4.54. The van der Waals surface area contributed by atoms with E-state index in [1.54, 1.807) is 0 Å². The minimum atomic E-state index is -0.569. The Balaban J connectivity index is 3.01. The van der Waals surface area contributed by atoms with E-state index in [-0.39, 0.29) is 0 Å². The van der Waals surface area contributed by atoms with Crippen LogP contribution in [0.5, 0.6) is 0 Å². The molecule has 2 nitrogen and oxygen atoms in total. The van der Waals surface area contributed by atoms with E-state index in [1.807, 2.05) is 0 Å². The third-order valence-electron chi connectivity index (χ3n) is 0.886. The fraction of sp³-hybridized carbons (Fsp3) is 0. The van der Waals surface area contributed by atoms with Gasteiger partial charge in [0.2, 0.25) is 5.95 Å². The monoisotopic (exact) mass is 124 g/mol. The molecule has 1 aromatic rings. The maximum atomic E-state index is 12.0. The Hall–Kier alpha value is -1.25. The molecule has 0 N–H and O–H groups in total. The summed E-state index contributed by atoms with van der Waals surface area (Å²) in [6.45, 7) is 0. The zero-order chi connectivity index (χ0) is 6.69. The molecule has 0 bridgehead atoms. The van der Waals surface area contributed by atoms with E-state index in [2.05, 4.69) is 4.98 Å². The third kappa shape index (κ3) is 1.32. The van der Waals surface area contributed by atoms with Gasteiger partial charge in [-0.2, -0.15) is 4.39 Å². The average Bonchev–Trinajstić information content (AvgIpc) is 1.90. The molecule has 0 fully saturated rings. The number of carbonyl (C=O) groups excluding carboxylic acids is 1. The van der Waals surface area contributed by atoms with Crippen molar-refractivity contribution in [3.8, 4) is 0 Å². The number of hydrogen-bond acceptors (Lipinski definition) is 2. The largest absolute Gasteiger partial charge is 0.298 e. The molecule has 0 aromatic carbocycles. The summed E-state index contributed by atoms with van der Waals surface area (Å²) < 4.78 is 12.0. The van der Waals surface area contributed by atoms with Gasteiger partial charge in [0, 0.05) is 11.8 Å². The molecule has 46 valence electrons. The lowest BCUT2D eigenvalue weighted by Gasteiger charge is -1.85. The van der Waals surface area contributed by atoms with Gasteiger partial charge in [0.05, 0.1) is 0 Å². The second-order valence-corrected chi connectivity index (χ2v) is 1.53. The average molecular weight is 124 g/mol. The van der Waals surface area contributed by atoms with Gasteiger partial charge in [-0.05, 0) is 12.1 Å². The van der Waals surface area contributed by atoms with E-state index >= 15 is 0 Å². The van der Waals surface area contributed by atoms with Crippen LogP contribution in [-0.2, 0) is 0 Å². The summed E-state index contributed by atoms with van der Waals surface area (Å²) in [5.74, 6) is -0.569. The maximum absolute atomic E-state index is 12.0. The molecule has 0 spiro atoms. The Morgan fingerprint density at radius 1 is 1.56 bits per heavy atom. The molecule has 0 radical (unpaired) electrons. The van der Waals surface area contributed by atoms with Gasteiger partial charge in [0.15, 0.2) is 6.29 Å². The Bertz CT molecular complexity index is 207. The van der Waals surface area contributed by atoms with Gasteiger partial charge in [-0.25, -0.2) is 4.98 Å². The lowest BCUT2D eigenvalue weighted by atomic mass is 10.3. The molecule has 0 atom stereocenters. The molecule has 0 aliphatic rings. The molecule has 0 saturated carbocycles. The number of aromatic nitrogens is 1. The molecular weight excluding hydrogens is 120 g/mol. The van der Waals surface area contributed by atoms with E-state index < -0.39 is 5.95 Å². The topological polar surface area (TPSA) is 30.0 Å². The van der Waals surface area contributed by atoms with Crippen LogP contribution in [0.1, 0.15) is 10.4 Å². The predicted octanol–water partition coefficient (Wildman–Crippen LogP) is 1.03. The van der Waals surface area contributed by atoms with Gasteiger partial charge in [0.25, 0.3) is 0 Å². The quantitative estimate of drug-likeness (QED) is 0.413. The van der Waals surface area contributed by atoms with Crippen molar-refractivity contribution in [2.24, 2.45) is 0 Å². The fourth-order valence-corrected chi connectivity index (χ4v) is 0.457. The molecule has 0 amide bonds. The highest BCUT2D eigenvalue weighted by atomic mass is 18.2. The fourth-order valence-electron chi connectivity index (χ4n) is 0.457. The van der Waals surface area contributed by atoms with Gasteiger partial charge in [0.1, 0.15) is 0 Å². The third-order valence-corrected chi connectivity index (χ3v) is 0.886. The first-order valence-corrected chi connectivity index (χ1v) is 2.39. The number of hydrogen-bond donors (Lipinski definition) is 0. The molecule has 1 aromatic heterocycles. The summed E-state index contributed by atoms with van der Waals surface area (Å²) in [6.07, 6.45) is 1.80. The highest BCUT2D eigenvalue weighted by molar-refractivity contribution is 5.73. The van der Waals surface area contributed by atoms with E-state index in [4.69, 9.17) is 0 Å². The summed E-state index contributed by atoms with van der Waals surface area (Å²) in [6, 6.07) is 2.51. The molecule has 0 aliphatic carbocycles. The number of rotatable bonds is 1. The van der Waals surface area contributed by atoms with Gasteiger partial charge >= 0.3 is 0 Å². The lowest BCUT2D eigenvalue weighted by molar-refractivity contribution is 0.112. The molecule has 1 heterocycles. The van der Waals surface area contributed by atoms with Gasteiger partial charge in [-0.3, -0.25) is 4.79 Å². The summed E-state index contributed by atoms with van der Waals surface area (Å²) in [7, 11) is 0. The Labute approximate surface area is 51.3 Å². The SMILES string of the molecule is O=Cc1ccc([18F])nc1. The van der Waals surface area contributed by atoms with Crippen molar-refractivity contribution in [2.75, 3.05) is 0 Å². The minimum Gasteiger partial charge on any atom is -0.298 e. The highest BCUT2D eigenvalue weighted by Gasteiger charge is 1.89. The number of pyridine rings is 1. The first-order chi connectivity index (χ1) is 4.33. The molecule has 3 heteroatoms. The van der Waals surface area contributed by atoms with Gasteiger partial charge < -0.3 is 0 Å². The highest BCUT2D eigenvalue weighted by Crippen LogP contribution is 1.93. The summed E-state index contributed by atoms with van der Waals surface area (Å²) in [4.78, 5) is 13.2. The van der Waals surface area contributed by atoms with Crippen molar-refractivity contribution in [3.05, 3.63) is 29.8 Å². The van der Waals surface area contributed by atoms with Crippen molar-refractivity contribution >= 4 is 6.29 Å². The maximum Gasteiger partial charge on any atom is 0.212 e. The molecule has 0 saturated heterocycles. The van der Waals surface area contributed by atoms with E-state index in [0.717, 1.165) is 6.07 Å². The standard InChI is InChI=1S/C6H4FNO/c7-6-2-1-5(4-9)3-8-6/h1-4H/i7-1. The first kappa shape index (κ1) is 5.88. The first-order valence-electron chi connectivity index (χ1n) is 2.39. The van der Waals surface area contributed by atoms with Crippen molar-refractivity contribution in [1.82, 2.24) is 4.98 Å². The molecule has 9 heavy (non-hydrogen) atoms. The number of carbonyl (C=O) groups is 1. The van der Waals surface area contributed by atoms with Crippen molar-refractivity contribution in [2.45, 2.75) is 0 Å². The molecule has 0 unspecified atom stereocenters. The van der Waals surface area contributed by atoms with Crippen LogP contribution in [0, 0.1) is 5.95 Å². The number of aldehydes is 1. The second kappa shape index (κ2) is 2.35. The van der Waals surface area contributed by atoms with Crippen LogP contribution in [0.3, 0.4) is 0 Å². The molecule has 0 aliphatic heterocycles. The summed E-state index contributed by atoms with van der Waals surface area (Å²) in [5, 5.41) is 0. The summed E-state index contributed by atoms with van der Waals surface area (Å²) in [5.41, 5.74) is 0.386. The van der Waals surface area contributed by atoms with Crippen LogP contribution in [0.15, 0.2) is 18.3 Å². The van der Waals surface area contributed by atoms with Crippen LogP contribution in [0.25, 0.3) is 0 Å². The Kier molecular flexibility index (Phi) is 1.53. The van der Waals surface area contributed by atoms with Gasteiger partial charge in [-0.15, -0.1) is 0 Å². The van der Waals surface area contributed by atoms with Crippen LogP contribution < -0.4 is 0 Å². The second-order valence-electron chi connectivity index (χ2n) is 1.53. The predicted molar refractivity (Wildman–Crippen MR) is 29.6 cm³/mol. The van der Waals surface area contributed by atoms with Crippen LogP contribution >= 0.6 is 0 Å². The smallest absolute Gasteiger partial charge is 0.212 e. The number of nitrogens with zero attached hydrogens (tertiary/aromatic N) is 1. The van der Waals surface area contributed by atoms with Crippen LogP contribution in [0.2, 0.25) is 0 Å². The number of halogens is 1. The normalized spacial score (nSPS) is 9.00. The van der Waals surface area contributed by atoms with E-state index in [0.29, 0.717) is 11.8 Å². The van der Waals surface area contributed by atoms with Crippen LogP contribution in [-0.4, -0.2) is 11.3 Å². The molecular formula is C6H4FNO. The molecule has 1 rings (SSSR count).